The summed E-state index contributed by atoms with van der Waals surface area (Å²) in [5.74, 6) is 0. The Kier molecular flexibility index (Phi) is 3.85. The van der Waals surface area contributed by atoms with E-state index in [0.717, 1.165) is 5.57 Å². The fourth-order valence-electron chi connectivity index (χ4n) is 0.433. The van der Waals surface area contributed by atoms with E-state index in [9.17, 15) is 0 Å². The SMILES string of the molecule is C=C/C=C(/C)C=NC. The summed E-state index contributed by atoms with van der Waals surface area (Å²) >= 11 is 0. The van der Waals surface area contributed by atoms with Crippen LogP contribution < -0.4 is 0 Å². The predicted molar refractivity (Wildman–Crippen MR) is 38.4 cm³/mol. The molecular formula is C7H11N. The summed E-state index contributed by atoms with van der Waals surface area (Å²) in [6.07, 6.45) is 5.45. The molecule has 0 aromatic carbocycles. The Morgan fingerprint density at radius 1 is 1.62 bits per heavy atom. The number of aliphatic imine (C=N–C) groups is 1. The van der Waals surface area contributed by atoms with Crippen LogP contribution in [-0.4, -0.2) is 13.3 Å². The van der Waals surface area contributed by atoms with Crippen molar-refractivity contribution in [2.24, 2.45) is 4.99 Å². The van der Waals surface area contributed by atoms with Crippen LogP contribution in [0, 0.1) is 0 Å². The lowest BCUT2D eigenvalue weighted by atomic mass is 10.3. The van der Waals surface area contributed by atoms with Crippen LogP contribution in [0.25, 0.3) is 0 Å². The maximum Gasteiger partial charge on any atom is 0.0277 e. The average molecular weight is 109 g/mol. The number of hydrogen-bond acceptors (Lipinski definition) is 1. The molecule has 0 bridgehead atoms. The molecule has 0 aliphatic rings. The Balaban J connectivity index is 3.79. The van der Waals surface area contributed by atoms with Crippen molar-refractivity contribution >= 4 is 6.21 Å². The first-order chi connectivity index (χ1) is 3.81. The van der Waals surface area contributed by atoms with E-state index >= 15 is 0 Å². The Morgan fingerprint density at radius 2 is 2.25 bits per heavy atom. The van der Waals surface area contributed by atoms with Gasteiger partial charge in [0.15, 0.2) is 0 Å². The third kappa shape index (κ3) is 3.34. The maximum atomic E-state index is 3.81. The van der Waals surface area contributed by atoms with Gasteiger partial charge in [0.1, 0.15) is 0 Å². The first-order valence-corrected chi connectivity index (χ1v) is 2.52. The third-order valence-electron chi connectivity index (χ3n) is 0.713. The van der Waals surface area contributed by atoms with Crippen molar-refractivity contribution in [2.45, 2.75) is 6.92 Å². The lowest BCUT2D eigenvalue weighted by molar-refractivity contribution is 1.45. The van der Waals surface area contributed by atoms with Crippen molar-refractivity contribution < 1.29 is 0 Å². The molecule has 0 unspecified atom stereocenters. The quantitative estimate of drug-likeness (QED) is 0.379. The van der Waals surface area contributed by atoms with Gasteiger partial charge in [0, 0.05) is 13.3 Å². The van der Waals surface area contributed by atoms with E-state index in [2.05, 4.69) is 11.6 Å². The summed E-state index contributed by atoms with van der Waals surface area (Å²) in [6, 6.07) is 0. The normalized spacial score (nSPS) is 12.5. The van der Waals surface area contributed by atoms with E-state index < -0.39 is 0 Å². The lowest BCUT2D eigenvalue weighted by Gasteiger charge is -1.81. The Hall–Kier alpha value is -0.850. The number of rotatable bonds is 2. The monoisotopic (exact) mass is 109 g/mol. The van der Waals surface area contributed by atoms with Crippen molar-refractivity contribution in [1.29, 1.82) is 0 Å². The van der Waals surface area contributed by atoms with Crippen LogP contribution in [0.2, 0.25) is 0 Å². The molecule has 0 saturated carbocycles. The largest absolute Gasteiger partial charge is 0.296 e. The molecule has 0 saturated heterocycles. The highest BCUT2D eigenvalue weighted by Crippen LogP contribution is 1.85. The topological polar surface area (TPSA) is 12.4 Å². The van der Waals surface area contributed by atoms with Crippen LogP contribution in [0.5, 0.6) is 0 Å². The molecule has 0 aromatic heterocycles. The molecule has 1 nitrogen and oxygen atoms in total. The fourth-order valence-corrected chi connectivity index (χ4v) is 0.433. The number of allylic oxidation sites excluding steroid dienone is 3. The minimum absolute atomic E-state index is 1.13. The smallest absolute Gasteiger partial charge is 0.0277 e. The predicted octanol–water partition coefficient (Wildman–Crippen LogP) is 1.82. The molecule has 0 amide bonds. The highest BCUT2D eigenvalue weighted by atomic mass is 14.6. The fraction of sp³-hybridized carbons (Fsp3) is 0.286. The third-order valence-corrected chi connectivity index (χ3v) is 0.713. The van der Waals surface area contributed by atoms with Crippen LogP contribution in [0.15, 0.2) is 29.3 Å². The molecule has 0 atom stereocenters. The molecule has 0 spiro atoms. The molecular weight excluding hydrogens is 98.1 g/mol. The second-order valence-corrected chi connectivity index (χ2v) is 1.53. The molecule has 8 heavy (non-hydrogen) atoms. The Labute approximate surface area is 50.4 Å². The summed E-state index contributed by atoms with van der Waals surface area (Å²) in [5.41, 5.74) is 1.13. The maximum absolute atomic E-state index is 3.81. The molecule has 0 N–H and O–H groups in total. The van der Waals surface area contributed by atoms with Crippen molar-refractivity contribution in [3.8, 4) is 0 Å². The van der Waals surface area contributed by atoms with Gasteiger partial charge in [0.05, 0.1) is 0 Å². The number of hydrogen-bond donors (Lipinski definition) is 0. The second kappa shape index (κ2) is 4.31. The van der Waals surface area contributed by atoms with Gasteiger partial charge in [-0.3, -0.25) is 4.99 Å². The van der Waals surface area contributed by atoms with E-state index in [-0.39, 0.29) is 0 Å². The lowest BCUT2D eigenvalue weighted by Crippen LogP contribution is -1.73. The van der Waals surface area contributed by atoms with E-state index in [1.165, 1.54) is 0 Å². The highest BCUT2D eigenvalue weighted by molar-refractivity contribution is 5.77. The van der Waals surface area contributed by atoms with E-state index in [1.807, 2.05) is 13.0 Å². The summed E-state index contributed by atoms with van der Waals surface area (Å²) in [7, 11) is 1.75. The summed E-state index contributed by atoms with van der Waals surface area (Å²) < 4.78 is 0. The zero-order chi connectivity index (χ0) is 6.41. The van der Waals surface area contributed by atoms with Crippen LogP contribution in [0.3, 0.4) is 0 Å². The molecule has 0 radical (unpaired) electrons. The van der Waals surface area contributed by atoms with Crippen molar-refractivity contribution in [3.63, 3.8) is 0 Å². The Bertz CT molecular complexity index is 120. The van der Waals surface area contributed by atoms with Gasteiger partial charge in [0.2, 0.25) is 0 Å². The first kappa shape index (κ1) is 7.15. The summed E-state index contributed by atoms with van der Waals surface area (Å²) in [5, 5.41) is 0. The zero-order valence-corrected chi connectivity index (χ0v) is 5.39. The highest BCUT2D eigenvalue weighted by Gasteiger charge is 1.73. The Morgan fingerprint density at radius 3 is 2.62 bits per heavy atom. The van der Waals surface area contributed by atoms with Gasteiger partial charge in [-0.25, -0.2) is 0 Å². The van der Waals surface area contributed by atoms with Crippen molar-refractivity contribution in [1.82, 2.24) is 0 Å². The van der Waals surface area contributed by atoms with Gasteiger partial charge >= 0.3 is 0 Å². The standard InChI is InChI=1S/C7H11N/c1-4-5-7(2)6-8-3/h4-6H,1H2,2-3H3/b7-5-,8-6?. The molecule has 0 aliphatic heterocycles. The van der Waals surface area contributed by atoms with Gasteiger partial charge in [0.25, 0.3) is 0 Å². The van der Waals surface area contributed by atoms with Crippen LogP contribution >= 0.6 is 0 Å². The van der Waals surface area contributed by atoms with Crippen molar-refractivity contribution in [2.75, 3.05) is 7.05 Å². The van der Waals surface area contributed by atoms with Gasteiger partial charge in [-0.1, -0.05) is 18.7 Å². The van der Waals surface area contributed by atoms with Gasteiger partial charge < -0.3 is 0 Å². The second-order valence-electron chi connectivity index (χ2n) is 1.53. The minimum atomic E-state index is 1.13. The average Bonchev–Trinajstić information content (AvgIpc) is 1.68. The molecule has 0 heterocycles. The minimum Gasteiger partial charge on any atom is -0.296 e. The molecule has 44 valence electrons. The molecule has 0 rings (SSSR count). The van der Waals surface area contributed by atoms with Gasteiger partial charge in [-0.15, -0.1) is 0 Å². The van der Waals surface area contributed by atoms with Crippen LogP contribution in [0.4, 0.5) is 0 Å². The van der Waals surface area contributed by atoms with E-state index in [1.54, 1.807) is 19.3 Å². The molecule has 0 fully saturated rings. The summed E-state index contributed by atoms with van der Waals surface area (Å²) in [4.78, 5) is 3.81. The first-order valence-electron chi connectivity index (χ1n) is 2.52. The van der Waals surface area contributed by atoms with Crippen LogP contribution in [0.1, 0.15) is 6.92 Å². The van der Waals surface area contributed by atoms with Crippen molar-refractivity contribution in [3.05, 3.63) is 24.3 Å². The molecule has 0 aliphatic carbocycles. The number of nitrogens with zero attached hydrogens (tertiary/aromatic N) is 1. The summed E-state index contributed by atoms with van der Waals surface area (Å²) in [6.45, 7) is 5.53. The zero-order valence-electron chi connectivity index (χ0n) is 5.39. The van der Waals surface area contributed by atoms with Crippen LogP contribution in [-0.2, 0) is 0 Å². The van der Waals surface area contributed by atoms with Gasteiger partial charge in [-0.05, 0) is 12.5 Å². The van der Waals surface area contributed by atoms with Gasteiger partial charge in [-0.2, -0.15) is 0 Å². The van der Waals surface area contributed by atoms with E-state index in [0.29, 0.717) is 0 Å². The molecule has 1 heteroatoms. The molecule has 0 aromatic rings. The van der Waals surface area contributed by atoms with E-state index in [4.69, 9.17) is 0 Å².